The van der Waals surface area contributed by atoms with Crippen LogP contribution in [0.1, 0.15) is 44.4 Å². The van der Waals surface area contributed by atoms with Crippen molar-refractivity contribution >= 4 is 22.4 Å². The minimum absolute atomic E-state index is 0.0683. The summed E-state index contributed by atoms with van der Waals surface area (Å²) in [6.07, 6.45) is 10.7. The lowest BCUT2D eigenvalue weighted by Crippen LogP contribution is -2.17. The van der Waals surface area contributed by atoms with Gasteiger partial charge in [-0.15, -0.1) is 11.3 Å². The van der Waals surface area contributed by atoms with E-state index in [4.69, 9.17) is 10.5 Å². The van der Waals surface area contributed by atoms with Crippen LogP contribution in [0.2, 0.25) is 0 Å². The second kappa shape index (κ2) is 7.30. The molecule has 0 aromatic carbocycles. The molecular formula is C21H23N3S. The Bertz CT molecular complexity index is 802. The molecule has 1 aliphatic carbocycles. The molecule has 1 aliphatic heterocycles. The summed E-state index contributed by atoms with van der Waals surface area (Å²) in [5, 5.41) is 19.7. The van der Waals surface area contributed by atoms with E-state index in [0.717, 1.165) is 18.4 Å². The molecule has 3 rings (SSSR count). The Morgan fingerprint density at radius 1 is 1.12 bits per heavy atom. The van der Waals surface area contributed by atoms with Crippen LogP contribution in [0.15, 0.2) is 41.0 Å². The van der Waals surface area contributed by atoms with Crippen molar-refractivity contribution in [1.29, 1.82) is 10.5 Å². The number of hydrogen-bond donors (Lipinski definition) is 0. The van der Waals surface area contributed by atoms with Crippen LogP contribution in [0, 0.1) is 28.1 Å². The smallest absolute Gasteiger partial charge is 0.132 e. The number of anilines is 1. The van der Waals surface area contributed by atoms with Crippen LogP contribution in [-0.4, -0.2) is 13.1 Å². The summed E-state index contributed by atoms with van der Waals surface area (Å²) in [5.74, 6) is 0. The van der Waals surface area contributed by atoms with Gasteiger partial charge in [-0.3, -0.25) is 0 Å². The fraction of sp³-hybridized carbons (Fsp3) is 0.429. The third kappa shape index (κ3) is 4.21. The van der Waals surface area contributed by atoms with E-state index >= 15 is 0 Å². The van der Waals surface area contributed by atoms with Crippen molar-refractivity contribution in [1.82, 2.24) is 0 Å². The highest BCUT2D eigenvalue weighted by molar-refractivity contribution is 7.16. The highest BCUT2D eigenvalue weighted by atomic mass is 32.1. The molecule has 0 bridgehead atoms. The van der Waals surface area contributed by atoms with Crippen molar-refractivity contribution in [3.8, 4) is 12.1 Å². The van der Waals surface area contributed by atoms with Crippen molar-refractivity contribution in [3.63, 3.8) is 0 Å². The summed E-state index contributed by atoms with van der Waals surface area (Å²) >= 11 is 1.83. The molecule has 1 aromatic heterocycles. The van der Waals surface area contributed by atoms with Gasteiger partial charge in [0.05, 0.1) is 5.00 Å². The van der Waals surface area contributed by atoms with Crippen LogP contribution < -0.4 is 4.90 Å². The Morgan fingerprint density at radius 3 is 2.52 bits per heavy atom. The maximum Gasteiger partial charge on any atom is 0.132 e. The normalized spacial score (nSPS) is 19.6. The van der Waals surface area contributed by atoms with Gasteiger partial charge in [-0.2, -0.15) is 10.5 Å². The molecule has 0 spiro atoms. The number of nitriles is 2. The van der Waals surface area contributed by atoms with Gasteiger partial charge in [0.15, 0.2) is 0 Å². The molecule has 2 aliphatic rings. The Morgan fingerprint density at radius 2 is 1.84 bits per heavy atom. The quantitative estimate of drug-likeness (QED) is 0.682. The third-order valence-corrected chi connectivity index (χ3v) is 5.86. The summed E-state index contributed by atoms with van der Waals surface area (Å²) in [6.45, 7) is 6.72. The van der Waals surface area contributed by atoms with Crippen LogP contribution in [-0.2, 0) is 0 Å². The first kappa shape index (κ1) is 17.5. The highest BCUT2D eigenvalue weighted by Crippen LogP contribution is 2.40. The van der Waals surface area contributed by atoms with Gasteiger partial charge < -0.3 is 4.90 Å². The zero-order valence-electron chi connectivity index (χ0n) is 14.9. The lowest BCUT2D eigenvalue weighted by Gasteiger charge is -2.30. The van der Waals surface area contributed by atoms with Gasteiger partial charge in [-0.1, -0.05) is 26.0 Å². The molecule has 0 amide bonds. The predicted octanol–water partition coefficient (Wildman–Crippen LogP) is 5.45. The van der Waals surface area contributed by atoms with Crippen molar-refractivity contribution in [2.75, 3.05) is 18.0 Å². The van der Waals surface area contributed by atoms with E-state index < -0.39 is 0 Å². The molecule has 4 heteroatoms. The number of nitrogens with zero attached hydrogens (tertiary/aromatic N) is 3. The second-order valence-corrected chi connectivity index (χ2v) is 8.66. The third-order valence-electron chi connectivity index (χ3n) is 4.75. The lowest BCUT2D eigenvalue weighted by atomic mass is 9.74. The molecule has 25 heavy (non-hydrogen) atoms. The average Bonchev–Trinajstić information content (AvgIpc) is 3.24. The molecule has 0 saturated carbocycles. The van der Waals surface area contributed by atoms with E-state index in [2.05, 4.69) is 43.0 Å². The van der Waals surface area contributed by atoms with Gasteiger partial charge >= 0.3 is 0 Å². The van der Waals surface area contributed by atoms with E-state index in [1.54, 1.807) is 0 Å². The van der Waals surface area contributed by atoms with Gasteiger partial charge in [-0.25, -0.2) is 0 Å². The standard InChI is InChI=1S/C21H23N3S/c1-21(2)12-16(11-17(13-21)18(14-22)15-23)5-6-19-7-8-20(25-19)24-9-3-4-10-24/h5-8,11H,3-4,9-10,12-13H2,1-2H3/b6-5+. The first-order valence-corrected chi connectivity index (χ1v) is 9.59. The van der Waals surface area contributed by atoms with Crippen LogP contribution in [0.5, 0.6) is 0 Å². The van der Waals surface area contributed by atoms with Gasteiger partial charge in [0.2, 0.25) is 0 Å². The first-order chi connectivity index (χ1) is 12.0. The summed E-state index contributed by atoms with van der Waals surface area (Å²) in [5.41, 5.74) is 2.36. The molecule has 0 radical (unpaired) electrons. The SMILES string of the molecule is CC1(C)CC(/C=C/c2ccc(N3CCCC3)s2)=CC(=C(C#N)C#N)C1. The highest BCUT2D eigenvalue weighted by Gasteiger charge is 2.26. The number of hydrogen-bond acceptors (Lipinski definition) is 4. The lowest BCUT2D eigenvalue weighted by molar-refractivity contribution is 0.354. The topological polar surface area (TPSA) is 50.8 Å². The molecule has 2 heterocycles. The fourth-order valence-corrected chi connectivity index (χ4v) is 4.58. The minimum atomic E-state index is 0.0683. The molecular weight excluding hydrogens is 326 g/mol. The van der Waals surface area contributed by atoms with Crippen molar-refractivity contribution in [2.45, 2.75) is 39.5 Å². The van der Waals surface area contributed by atoms with Crippen LogP contribution in [0.4, 0.5) is 5.00 Å². The number of allylic oxidation sites excluding steroid dienone is 5. The van der Waals surface area contributed by atoms with Gasteiger partial charge in [0.25, 0.3) is 0 Å². The van der Waals surface area contributed by atoms with Gasteiger partial charge in [0, 0.05) is 18.0 Å². The Balaban J connectivity index is 1.81. The monoisotopic (exact) mass is 349 g/mol. The maximum atomic E-state index is 9.17. The minimum Gasteiger partial charge on any atom is -0.363 e. The summed E-state index contributed by atoms with van der Waals surface area (Å²) in [4.78, 5) is 3.70. The number of rotatable bonds is 3. The average molecular weight is 350 g/mol. The summed E-state index contributed by atoms with van der Waals surface area (Å²) in [6, 6.07) is 8.46. The van der Waals surface area contributed by atoms with E-state index in [-0.39, 0.29) is 11.0 Å². The zero-order chi connectivity index (χ0) is 17.9. The molecule has 1 saturated heterocycles. The predicted molar refractivity (Wildman–Crippen MR) is 104 cm³/mol. The maximum absolute atomic E-state index is 9.17. The van der Waals surface area contributed by atoms with Crippen molar-refractivity contribution < 1.29 is 0 Å². The molecule has 1 aromatic rings. The molecule has 0 atom stereocenters. The molecule has 3 nitrogen and oxygen atoms in total. The molecule has 1 fully saturated rings. The number of thiophene rings is 1. The van der Waals surface area contributed by atoms with Crippen molar-refractivity contribution in [3.05, 3.63) is 45.9 Å². The molecule has 0 N–H and O–H groups in total. The van der Waals surface area contributed by atoms with Crippen molar-refractivity contribution in [2.24, 2.45) is 5.41 Å². The van der Waals surface area contributed by atoms with Crippen LogP contribution >= 0.6 is 11.3 Å². The Labute approximate surface area is 154 Å². The Kier molecular flexibility index (Phi) is 5.11. The van der Waals surface area contributed by atoms with E-state index in [9.17, 15) is 0 Å². The van der Waals surface area contributed by atoms with E-state index in [0.29, 0.717) is 0 Å². The zero-order valence-corrected chi connectivity index (χ0v) is 15.7. The second-order valence-electron chi connectivity index (χ2n) is 7.56. The van der Waals surface area contributed by atoms with E-state index in [1.165, 1.54) is 41.4 Å². The van der Waals surface area contributed by atoms with Gasteiger partial charge in [-0.05, 0) is 60.5 Å². The Hall–Kier alpha value is -2.30. The van der Waals surface area contributed by atoms with Crippen LogP contribution in [0.3, 0.4) is 0 Å². The van der Waals surface area contributed by atoms with Crippen LogP contribution in [0.25, 0.3) is 6.08 Å². The van der Waals surface area contributed by atoms with E-state index in [1.807, 2.05) is 29.6 Å². The fourth-order valence-electron chi connectivity index (χ4n) is 3.62. The first-order valence-electron chi connectivity index (χ1n) is 8.77. The summed E-state index contributed by atoms with van der Waals surface area (Å²) in [7, 11) is 0. The largest absolute Gasteiger partial charge is 0.363 e. The molecule has 0 unspecified atom stereocenters. The van der Waals surface area contributed by atoms with Gasteiger partial charge in [0.1, 0.15) is 17.7 Å². The molecule has 128 valence electrons. The summed E-state index contributed by atoms with van der Waals surface area (Å²) < 4.78 is 0.